The molecule has 0 radical (unpaired) electrons. The molecule has 1 fully saturated rings. The van der Waals surface area contributed by atoms with Gasteiger partial charge in [0.2, 0.25) is 10.0 Å². The molecule has 0 heterocycles. The number of hydrogen-bond acceptors (Lipinski definition) is 5. The van der Waals surface area contributed by atoms with Gasteiger partial charge in [0.25, 0.3) is 5.91 Å². The second kappa shape index (κ2) is 8.18. The summed E-state index contributed by atoms with van der Waals surface area (Å²) in [5.41, 5.74) is -0.843. The molecule has 0 spiro atoms. The fourth-order valence-corrected chi connectivity index (χ4v) is 4.05. The molecule has 26 heavy (non-hydrogen) atoms. The van der Waals surface area contributed by atoms with Crippen molar-refractivity contribution in [2.45, 2.75) is 49.5 Å². The third-order valence-corrected chi connectivity index (χ3v) is 6.41. The molecular weight excluding hydrogens is 356 g/mol. The fourth-order valence-electron chi connectivity index (χ4n) is 3.10. The number of hydrogen-bond donors (Lipinski definition) is 1. The van der Waals surface area contributed by atoms with Crippen molar-refractivity contribution in [3.63, 3.8) is 0 Å². The zero-order chi connectivity index (χ0) is 19.4. The SMILES string of the molecule is CCOC(=O)C1(NC(=O)c2cccc(S(=O)(=O)N(C)C)c2)CCCCC1. The van der Waals surface area contributed by atoms with E-state index in [0.717, 1.165) is 23.6 Å². The third-order valence-electron chi connectivity index (χ3n) is 4.60. The zero-order valence-corrected chi connectivity index (χ0v) is 16.3. The molecule has 0 aromatic heterocycles. The molecule has 1 saturated carbocycles. The summed E-state index contributed by atoms with van der Waals surface area (Å²) in [6, 6.07) is 5.81. The Labute approximate surface area is 154 Å². The van der Waals surface area contributed by atoms with Crippen LogP contribution in [0.1, 0.15) is 49.4 Å². The van der Waals surface area contributed by atoms with Crippen LogP contribution in [0.3, 0.4) is 0 Å². The summed E-state index contributed by atoms with van der Waals surface area (Å²) in [6.45, 7) is 1.97. The molecule has 0 bridgehead atoms. The van der Waals surface area contributed by atoms with Crippen LogP contribution < -0.4 is 5.32 Å². The Kier molecular flexibility index (Phi) is 6.41. The fraction of sp³-hybridized carbons (Fsp3) is 0.556. The van der Waals surface area contributed by atoms with Crippen LogP contribution in [0.5, 0.6) is 0 Å². The number of carbonyl (C=O) groups is 2. The molecule has 1 aliphatic carbocycles. The van der Waals surface area contributed by atoms with Gasteiger partial charge in [-0.2, -0.15) is 0 Å². The van der Waals surface area contributed by atoms with Gasteiger partial charge in [-0.15, -0.1) is 0 Å². The highest BCUT2D eigenvalue weighted by Crippen LogP contribution is 2.30. The van der Waals surface area contributed by atoms with E-state index in [-0.39, 0.29) is 17.1 Å². The van der Waals surface area contributed by atoms with E-state index >= 15 is 0 Å². The first-order valence-electron chi connectivity index (χ1n) is 8.75. The van der Waals surface area contributed by atoms with Crippen molar-refractivity contribution in [1.29, 1.82) is 0 Å². The molecule has 1 aromatic rings. The number of amides is 1. The molecule has 8 heteroatoms. The number of nitrogens with zero attached hydrogens (tertiary/aromatic N) is 1. The predicted molar refractivity (Wildman–Crippen MR) is 97.2 cm³/mol. The number of carbonyl (C=O) groups excluding carboxylic acids is 2. The van der Waals surface area contributed by atoms with E-state index in [9.17, 15) is 18.0 Å². The number of ether oxygens (including phenoxy) is 1. The molecule has 1 aliphatic rings. The van der Waals surface area contributed by atoms with Crippen molar-refractivity contribution < 1.29 is 22.7 Å². The maximum Gasteiger partial charge on any atom is 0.331 e. The molecule has 0 unspecified atom stereocenters. The van der Waals surface area contributed by atoms with E-state index in [2.05, 4.69) is 5.32 Å². The molecular formula is C18H26N2O5S. The smallest absolute Gasteiger partial charge is 0.331 e. The Hall–Kier alpha value is -1.93. The third kappa shape index (κ3) is 4.24. The Morgan fingerprint density at radius 3 is 2.42 bits per heavy atom. The van der Waals surface area contributed by atoms with E-state index in [1.54, 1.807) is 6.92 Å². The average molecular weight is 382 g/mol. The molecule has 1 N–H and O–H groups in total. The summed E-state index contributed by atoms with van der Waals surface area (Å²) in [7, 11) is -0.784. The summed E-state index contributed by atoms with van der Waals surface area (Å²) >= 11 is 0. The highest BCUT2D eigenvalue weighted by atomic mass is 32.2. The predicted octanol–water partition coefficient (Wildman–Crippen LogP) is 1.93. The molecule has 7 nitrogen and oxygen atoms in total. The summed E-state index contributed by atoms with van der Waals surface area (Å²) in [5, 5.41) is 2.82. The van der Waals surface area contributed by atoms with E-state index in [1.165, 1.54) is 38.4 Å². The molecule has 0 aliphatic heterocycles. The Morgan fingerprint density at radius 1 is 1.19 bits per heavy atom. The summed E-state index contributed by atoms with van der Waals surface area (Å²) < 4.78 is 30.8. The topological polar surface area (TPSA) is 92.8 Å². The largest absolute Gasteiger partial charge is 0.464 e. The first kappa shape index (κ1) is 20.4. The van der Waals surface area contributed by atoms with Crippen molar-refractivity contribution >= 4 is 21.9 Å². The van der Waals surface area contributed by atoms with Gasteiger partial charge < -0.3 is 10.1 Å². The summed E-state index contributed by atoms with van der Waals surface area (Å²) in [4.78, 5) is 25.2. The Morgan fingerprint density at radius 2 is 1.85 bits per heavy atom. The van der Waals surface area contributed by atoms with Gasteiger partial charge in [-0.05, 0) is 38.0 Å². The van der Waals surface area contributed by atoms with Crippen molar-refractivity contribution in [2.24, 2.45) is 0 Å². The molecule has 0 atom stereocenters. The average Bonchev–Trinajstić information content (AvgIpc) is 2.62. The second-order valence-corrected chi connectivity index (χ2v) is 8.78. The number of benzene rings is 1. The van der Waals surface area contributed by atoms with Crippen molar-refractivity contribution in [1.82, 2.24) is 9.62 Å². The monoisotopic (exact) mass is 382 g/mol. The lowest BCUT2D eigenvalue weighted by molar-refractivity contribution is -0.152. The Bertz CT molecular complexity index is 768. The lowest BCUT2D eigenvalue weighted by atomic mass is 9.81. The van der Waals surface area contributed by atoms with Gasteiger partial charge >= 0.3 is 5.97 Å². The minimum absolute atomic E-state index is 0.0315. The minimum Gasteiger partial charge on any atom is -0.464 e. The number of rotatable bonds is 6. The van der Waals surface area contributed by atoms with Gasteiger partial charge in [0.1, 0.15) is 5.54 Å². The van der Waals surface area contributed by atoms with Crippen LogP contribution in [-0.2, 0) is 19.6 Å². The first-order valence-corrected chi connectivity index (χ1v) is 10.2. The minimum atomic E-state index is -3.64. The van der Waals surface area contributed by atoms with E-state index in [1.807, 2.05) is 0 Å². The van der Waals surface area contributed by atoms with Crippen molar-refractivity contribution in [3.8, 4) is 0 Å². The van der Waals surface area contributed by atoms with Crippen LogP contribution in [-0.4, -0.2) is 50.8 Å². The number of sulfonamides is 1. The lowest BCUT2D eigenvalue weighted by Gasteiger charge is -2.35. The Balaban J connectivity index is 2.29. The van der Waals surface area contributed by atoms with Gasteiger partial charge in [-0.1, -0.05) is 25.3 Å². The van der Waals surface area contributed by atoms with E-state index < -0.39 is 27.4 Å². The van der Waals surface area contributed by atoms with E-state index in [4.69, 9.17) is 4.74 Å². The highest BCUT2D eigenvalue weighted by molar-refractivity contribution is 7.89. The first-order chi connectivity index (χ1) is 12.2. The van der Waals surface area contributed by atoms with Crippen LogP contribution in [0.25, 0.3) is 0 Å². The zero-order valence-electron chi connectivity index (χ0n) is 15.4. The maximum absolute atomic E-state index is 12.7. The van der Waals surface area contributed by atoms with Crippen LogP contribution in [0.2, 0.25) is 0 Å². The van der Waals surface area contributed by atoms with Crippen LogP contribution in [0.15, 0.2) is 29.2 Å². The van der Waals surface area contributed by atoms with Crippen molar-refractivity contribution in [3.05, 3.63) is 29.8 Å². The molecule has 1 amide bonds. The van der Waals surface area contributed by atoms with Crippen molar-refractivity contribution in [2.75, 3.05) is 20.7 Å². The standard InChI is InChI=1S/C18H26N2O5S/c1-4-25-17(22)18(11-6-5-7-12-18)19-16(21)14-9-8-10-15(13-14)26(23,24)20(2)3/h8-10,13H,4-7,11-12H2,1-3H3,(H,19,21). The molecule has 144 valence electrons. The van der Waals surface area contributed by atoms with Gasteiger partial charge in [0.05, 0.1) is 11.5 Å². The normalized spacial score (nSPS) is 16.9. The summed E-state index contributed by atoms with van der Waals surface area (Å²) in [6.07, 6.45) is 3.70. The van der Waals surface area contributed by atoms with E-state index in [0.29, 0.717) is 12.8 Å². The maximum atomic E-state index is 12.7. The highest BCUT2D eigenvalue weighted by Gasteiger charge is 2.42. The van der Waals surface area contributed by atoms with Crippen LogP contribution in [0.4, 0.5) is 0 Å². The van der Waals surface area contributed by atoms with Crippen LogP contribution in [0, 0.1) is 0 Å². The van der Waals surface area contributed by atoms with Gasteiger partial charge in [0, 0.05) is 19.7 Å². The summed E-state index contributed by atoms with van der Waals surface area (Å²) in [5.74, 6) is -0.902. The molecule has 2 rings (SSSR count). The quantitative estimate of drug-likeness (QED) is 0.759. The molecule has 0 saturated heterocycles. The number of nitrogens with one attached hydrogen (secondary N) is 1. The van der Waals surface area contributed by atoms with Gasteiger partial charge in [0.15, 0.2) is 0 Å². The lowest BCUT2D eigenvalue weighted by Crippen LogP contribution is -2.56. The second-order valence-electron chi connectivity index (χ2n) is 6.63. The van der Waals surface area contributed by atoms with Gasteiger partial charge in [-0.25, -0.2) is 17.5 Å². The van der Waals surface area contributed by atoms with Gasteiger partial charge in [-0.3, -0.25) is 4.79 Å². The number of esters is 1. The molecule has 1 aromatic carbocycles. The van der Waals surface area contributed by atoms with Crippen LogP contribution >= 0.6 is 0 Å².